The van der Waals surface area contributed by atoms with E-state index in [1.165, 1.54) is 0 Å². The van der Waals surface area contributed by atoms with E-state index in [1.807, 2.05) is 43.1 Å². The minimum Gasteiger partial charge on any atom is -0.494 e. The molecule has 0 aliphatic rings. The molecule has 0 atom stereocenters. The van der Waals surface area contributed by atoms with Crippen LogP contribution in [0.1, 0.15) is 19.4 Å². The van der Waals surface area contributed by atoms with Crippen molar-refractivity contribution in [2.45, 2.75) is 20.4 Å². The highest BCUT2D eigenvalue weighted by Gasteiger charge is 2.10. The van der Waals surface area contributed by atoms with Crippen LogP contribution in [0.3, 0.4) is 0 Å². The fourth-order valence-electron chi connectivity index (χ4n) is 1.84. The molecule has 0 bridgehead atoms. The first-order valence-electron chi connectivity index (χ1n) is 7.03. The number of rotatable bonds is 7. The van der Waals surface area contributed by atoms with Crippen LogP contribution in [0.4, 0.5) is 4.79 Å². The zero-order valence-corrected chi connectivity index (χ0v) is 12.8. The van der Waals surface area contributed by atoms with Crippen LogP contribution < -0.4 is 15.4 Å². The Morgan fingerprint density at radius 1 is 1.19 bits per heavy atom. The summed E-state index contributed by atoms with van der Waals surface area (Å²) in [7, 11) is 1.83. The van der Waals surface area contributed by atoms with Gasteiger partial charge in [-0.2, -0.15) is 0 Å². The quantitative estimate of drug-likeness (QED) is 0.796. The third-order valence-electron chi connectivity index (χ3n) is 2.69. The van der Waals surface area contributed by atoms with Gasteiger partial charge in [0, 0.05) is 13.1 Å². The van der Waals surface area contributed by atoms with E-state index in [-0.39, 0.29) is 12.5 Å². The Bertz CT molecular complexity index is 460. The van der Waals surface area contributed by atoms with Gasteiger partial charge in [0.2, 0.25) is 5.91 Å². The van der Waals surface area contributed by atoms with E-state index >= 15 is 0 Å². The van der Waals surface area contributed by atoms with Crippen LogP contribution in [-0.4, -0.2) is 43.6 Å². The third kappa shape index (κ3) is 6.76. The van der Waals surface area contributed by atoms with Gasteiger partial charge < -0.3 is 10.1 Å². The summed E-state index contributed by atoms with van der Waals surface area (Å²) in [6.07, 6.45) is 0. The summed E-state index contributed by atoms with van der Waals surface area (Å²) in [5.41, 5.74) is 1.08. The van der Waals surface area contributed by atoms with E-state index in [1.54, 1.807) is 6.92 Å². The van der Waals surface area contributed by atoms with Crippen molar-refractivity contribution < 1.29 is 14.3 Å². The first-order valence-corrected chi connectivity index (χ1v) is 7.03. The molecule has 0 unspecified atom stereocenters. The lowest BCUT2D eigenvalue weighted by atomic mass is 10.2. The van der Waals surface area contributed by atoms with Gasteiger partial charge in [-0.25, -0.2) is 4.79 Å². The summed E-state index contributed by atoms with van der Waals surface area (Å²) in [4.78, 5) is 24.7. The Balaban J connectivity index is 2.40. The Morgan fingerprint density at radius 2 is 1.86 bits per heavy atom. The van der Waals surface area contributed by atoms with Crippen LogP contribution >= 0.6 is 0 Å². The number of urea groups is 1. The first kappa shape index (κ1) is 17.0. The molecule has 6 heteroatoms. The lowest BCUT2D eigenvalue weighted by Crippen LogP contribution is -2.43. The smallest absolute Gasteiger partial charge is 0.321 e. The van der Waals surface area contributed by atoms with Crippen LogP contribution in [0.2, 0.25) is 0 Å². The van der Waals surface area contributed by atoms with Crippen molar-refractivity contribution in [3.8, 4) is 5.75 Å². The van der Waals surface area contributed by atoms with Gasteiger partial charge in [0.25, 0.3) is 0 Å². The molecule has 116 valence electrons. The normalized spacial score (nSPS) is 10.3. The van der Waals surface area contributed by atoms with Crippen molar-refractivity contribution in [1.82, 2.24) is 15.5 Å². The Kier molecular flexibility index (Phi) is 7.25. The second-order valence-electron chi connectivity index (χ2n) is 4.66. The van der Waals surface area contributed by atoms with Crippen molar-refractivity contribution >= 4 is 11.9 Å². The zero-order valence-electron chi connectivity index (χ0n) is 12.8. The van der Waals surface area contributed by atoms with E-state index in [9.17, 15) is 9.59 Å². The molecule has 0 aromatic heterocycles. The van der Waals surface area contributed by atoms with Crippen LogP contribution in [0, 0.1) is 0 Å². The number of likely N-dealkylation sites (N-methyl/N-ethyl adjacent to an activating group) is 1. The molecule has 1 aromatic rings. The molecular formula is C15H23N3O3. The van der Waals surface area contributed by atoms with Gasteiger partial charge in [-0.1, -0.05) is 12.1 Å². The molecular weight excluding hydrogens is 270 g/mol. The van der Waals surface area contributed by atoms with E-state index in [0.29, 0.717) is 19.7 Å². The van der Waals surface area contributed by atoms with Gasteiger partial charge in [-0.3, -0.25) is 15.0 Å². The number of benzene rings is 1. The number of hydrogen-bond donors (Lipinski definition) is 2. The van der Waals surface area contributed by atoms with Crippen molar-refractivity contribution in [2.24, 2.45) is 0 Å². The number of amides is 3. The molecule has 2 N–H and O–H groups in total. The predicted octanol–water partition coefficient (Wildman–Crippen LogP) is 1.36. The van der Waals surface area contributed by atoms with Crippen LogP contribution in [0.5, 0.6) is 5.75 Å². The van der Waals surface area contributed by atoms with Crippen molar-refractivity contribution in [1.29, 1.82) is 0 Å². The molecule has 0 fully saturated rings. The van der Waals surface area contributed by atoms with Gasteiger partial charge in [0.1, 0.15) is 5.75 Å². The van der Waals surface area contributed by atoms with E-state index < -0.39 is 6.03 Å². The average Bonchev–Trinajstić information content (AvgIpc) is 2.41. The average molecular weight is 293 g/mol. The molecule has 0 radical (unpaired) electrons. The fraction of sp³-hybridized carbons (Fsp3) is 0.467. The van der Waals surface area contributed by atoms with Crippen LogP contribution in [-0.2, 0) is 11.3 Å². The van der Waals surface area contributed by atoms with E-state index in [2.05, 4.69) is 10.6 Å². The third-order valence-corrected chi connectivity index (χ3v) is 2.69. The molecule has 0 saturated heterocycles. The van der Waals surface area contributed by atoms with Crippen LogP contribution in [0.15, 0.2) is 24.3 Å². The number of nitrogens with zero attached hydrogens (tertiary/aromatic N) is 1. The van der Waals surface area contributed by atoms with Gasteiger partial charge in [-0.05, 0) is 38.6 Å². The lowest BCUT2D eigenvalue weighted by Gasteiger charge is -2.16. The van der Waals surface area contributed by atoms with Crippen molar-refractivity contribution in [3.63, 3.8) is 0 Å². The number of imide groups is 1. The highest BCUT2D eigenvalue weighted by atomic mass is 16.5. The lowest BCUT2D eigenvalue weighted by molar-refractivity contribution is -0.120. The number of carbonyl (C=O) groups excluding carboxylic acids is 2. The minimum atomic E-state index is -0.461. The SMILES string of the molecule is CCNC(=O)NC(=O)CN(C)Cc1ccc(OCC)cc1. The van der Waals surface area contributed by atoms with Gasteiger partial charge in [0.05, 0.1) is 13.2 Å². The maximum absolute atomic E-state index is 11.6. The van der Waals surface area contributed by atoms with E-state index in [0.717, 1.165) is 11.3 Å². The number of nitrogens with one attached hydrogen (secondary N) is 2. The Labute approximate surface area is 125 Å². The van der Waals surface area contributed by atoms with Crippen molar-refractivity contribution in [3.05, 3.63) is 29.8 Å². The molecule has 6 nitrogen and oxygen atoms in total. The first-order chi connectivity index (χ1) is 10.0. The highest BCUT2D eigenvalue weighted by Crippen LogP contribution is 2.13. The fourth-order valence-corrected chi connectivity index (χ4v) is 1.84. The predicted molar refractivity (Wildman–Crippen MR) is 81.2 cm³/mol. The summed E-state index contributed by atoms with van der Waals surface area (Å²) in [6.45, 7) is 5.64. The summed E-state index contributed by atoms with van der Waals surface area (Å²) >= 11 is 0. The molecule has 0 aliphatic heterocycles. The van der Waals surface area contributed by atoms with Gasteiger partial charge in [0.15, 0.2) is 0 Å². The molecule has 0 saturated carbocycles. The maximum atomic E-state index is 11.6. The highest BCUT2D eigenvalue weighted by molar-refractivity contribution is 5.95. The second-order valence-corrected chi connectivity index (χ2v) is 4.66. The topological polar surface area (TPSA) is 70.7 Å². The summed E-state index contributed by atoms with van der Waals surface area (Å²) in [5, 5.41) is 4.79. The minimum absolute atomic E-state index is 0.157. The summed E-state index contributed by atoms with van der Waals surface area (Å²) in [6, 6.07) is 7.27. The monoisotopic (exact) mass is 293 g/mol. The number of ether oxygens (including phenoxy) is 1. The number of carbonyl (C=O) groups is 2. The maximum Gasteiger partial charge on any atom is 0.321 e. The molecule has 0 spiro atoms. The Hall–Kier alpha value is -2.08. The summed E-state index contributed by atoms with van der Waals surface area (Å²) < 4.78 is 5.37. The standard InChI is InChI=1S/C15H23N3O3/c1-4-16-15(20)17-14(19)11-18(3)10-12-6-8-13(9-7-12)21-5-2/h6-9H,4-5,10-11H2,1-3H3,(H2,16,17,19,20). The summed E-state index contributed by atoms with van der Waals surface area (Å²) in [5.74, 6) is 0.507. The van der Waals surface area contributed by atoms with Gasteiger partial charge >= 0.3 is 6.03 Å². The molecule has 0 heterocycles. The molecule has 1 aromatic carbocycles. The Morgan fingerprint density at radius 3 is 2.43 bits per heavy atom. The molecule has 3 amide bonds. The van der Waals surface area contributed by atoms with Gasteiger partial charge in [-0.15, -0.1) is 0 Å². The van der Waals surface area contributed by atoms with Crippen LogP contribution in [0.25, 0.3) is 0 Å². The molecule has 21 heavy (non-hydrogen) atoms. The molecule has 1 rings (SSSR count). The molecule has 0 aliphatic carbocycles. The second kappa shape index (κ2) is 8.97. The number of hydrogen-bond acceptors (Lipinski definition) is 4. The largest absolute Gasteiger partial charge is 0.494 e. The zero-order chi connectivity index (χ0) is 15.7. The van der Waals surface area contributed by atoms with E-state index in [4.69, 9.17) is 4.74 Å². The van der Waals surface area contributed by atoms with Crippen molar-refractivity contribution in [2.75, 3.05) is 26.7 Å².